The molecule has 2 aliphatic heterocycles. The fraction of sp³-hybridized carbons (Fsp3) is 0.750. The molecule has 1 N–H and O–H groups in total. The highest BCUT2D eigenvalue weighted by molar-refractivity contribution is 8.14. The molecule has 19 heavy (non-hydrogen) atoms. The minimum atomic E-state index is -0.446. The highest BCUT2D eigenvalue weighted by Gasteiger charge is 2.35. The number of ether oxygens (including phenoxy) is 1. The Kier molecular flexibility index (Phi) is 4.68. The van der Waals surface area contributed by atoms with Gasteiger partial charge in [-0.25, -0.2) is 0 Å². The van der Waals surface area contributed by atoms with Crippen LogP contribution in [0.1, 0.15) is 19.8 Å². The van der Waals surface area contributed by atoms with Crippen LogP contribution in [0.5, 0.6) is 0 Å². The Labute approximate surface area is 116 Å². The van der Waals surface area contributed by atoms with Crippen molar-refractivity contribution in [2.24, 2.45) is 5.92 Å². The van der Waals surface area contributed by atoms with Crippen LogP contribution in [0.25, 0.3) is 0 Å². The average molecular weight is 286 g/mol. The fourth-order valence-electron chi connectivity index (χ4n) is 2.37. The summed E-state index contributed by atoms with van der Waals surface area (Å²) in [5.74, 6) is -0.0855. The average Bonchev–Trinajstić information content (AvgIpc) is 2.85. The number of rotatable bonds is 3. The topological polar surface area (TPSA) is 75.7 Å². The largest absolute Gasteiger partial charge is 0.466 e. The molecule has 2 aliphatic rings. The number of hydrogen-bond donors (Lipinski definition) is 1. The van der Waals surface area contributed by atoms with Gasteiger partial charge in [0.2, 0.25) is 5.91 Å². The van der Waals surface area contributed by atoms with Crippen molar-refractivity contribution >= 4 is 28.9 Å². The number of likely N-dealkylation sites (tertiary alicyclic amines) is 1. The van der Waals surface area contributed by atoms with Gasteiger partial charge in [0.25, 0.3) is 5.24 Å². The van der Waals surface area contributed by atoms with E-state index < -0.39 is 6.04 Å². The molecule has 2 fully saturated rings. The summed E-state index contributed by atoms with van der Waals surface area (Å²) in [5, 5.41) is 2.48. The number of carbonyl (C=O) groups excluding carboxylic acids is 3. The number of hydrogen-bond acceptors (Lipinski definition) is 5. The van der Waals surface area contributed by atoms with Crippen LogP contribution in [0.2, 0.25) is 0 Å². The van der Waals surface area contributed by atoms with Crippen LogP contribution >= 0.6 is 11.8 Å². The van der Waals surface area contributed by atoms with Gasteiger partial charge in [-0.15, -0.1) is 0 Å². The molecule has 2 rings (SSSR count). The van der Waals surface area contributed by atoms with Crippen molar-refractivity contribution in [2.45, 2.75) is 25.8 Å². The molecule has 2 heterocycles. The van der Waals surface area contributed by atoms with Crippen LogP contribution in [0.4, 0.5) is 4.79 Å². The van der Waals surface area contributed by atoms with Crippen molar-refractivity contribution in [3.63, 3.8) is 0 Å². The van der Waals surface area contributed by atoms with Crippen molar-refractivity contribution < 1.29 is 19.1 Å². The lowest BCUT2D eigenvalue weighted by molar-refractivity contribution is -0.151. The first-order valence-corrected chi connectivity index (χ1v) is 7.49. The van der Waals surface area contributed by atoms with Crippen molar-refractivity contribution in [1.82, 2.24) is 10.2 Å². The van der Waals surface area contributed by atoms with Crippen molar-refractivity contribution in [3.05, 3.63) is 0 Å². The van der Waals surface area contributed by atoms with Gasteiger partial charge in [-0.2, -0.15) is 0 Å². The maximum atomic E-state index is 12.2. The van der Waals surface area contributed by atoms with E-state index in [4.69, 9.17) is 4.74 Å². The Morgan fingerprint density at radius 2 is 2.32 bits per heavy atom. The van der Waals surface area contributed by atoms with Crippen LogP contribution in [-0.2, 0) is 14.3 Å². The van der Waals surface area contributed by atoms with E-state index in [1.54, 1.807) is 11.8 Å². The molecule has 0 aromatic carbocycles. The smallest absolute Gasteiger partial charge is 0.310 e. The third kappa shape index (κ3) is 3.40. The zero-order valence-electron chi connectivity index (χ0n) is 10.9. The minimum Gasteiger partial charge on any atom is -0.466 e. The normalized spacial score (nSPS) is 27.0. The second kappa shape index (κ2) is 6.27. The number of carbonyl (C=O) groups is 3. The maximum Gasteiger partial charge on any atom is 0.310 e. The van der Waals surface area contributed by atoms with Gasteiger partial charge >= 0.3 is 5.97 Å². The van der Waals surface area contributed by atoms with Gasteiger partial charge in [-0.05, 0) is 19.8 Å². The Bertz CT molecular complexity index is 388. The number of nitrogens with zero attached hydrogens (tertiary/aromatic N) is 1. The Morgan fingerprint density at radius 1 is 1.53 bits per heavy atom. The molecular formula is C12H18N2O4S. The van der Waals surface area contributed by atoms with E-state index in [1.165, 1.54) is 0 Å². The van der Waals surface area contributed by atoms with Crippen LogP contribution in [0, 0.1) is 5.92 Å². The van der Waals surface area contributed by atoms with E-state index in [0.717, 1.165) is 24.6 Å². The Hall–Kier alpha value is -1.24. The molecule has 0 radical (unpaired) electrons. The molecule has 6 nitrogen and oxygen atoms in total. The first-order valence-electron chi connectivity index (χ1n) is 6.50. The van der Waals surface area contributed by atoms with Gasteiger partial charge in [0, 0.05) is 18.8 Å². The van der Waals surface area contributed by atoms with E-state index in [2.05, 4.69) is 5.32 Å². The quantitative estimate of drug-likeness (QED) is 0.769. The first kappa shape index (κ1) is 14.2. The fourth-order valence-corrected chi connectivity index (χ4v) is 3.14. The molecule has 2 atom stereocenters. The third-order valence-corrected chi connectivity index (χ3v) is 4.20. The van der Waals surface area contributed by atoms with Crippen molar-refractivity contribution in [3.8, 4) is 0 Å². The second-order valence-electron chi connectivity index (χ2n) is 4.67. The minimum absolute atomic E-state index is 0.0904. The summed E-state index contributed by atoms with van der Waals surface area (Å²) in [6.07, 6.45) is 1.55. The molecule has 7 heteroatoms. The standard InChI is InChI=1S/C12H18N2O4S/c1-2-18-11(16)8-4-3-5-14(6-8)10(15)9-7-19-12(17)13-9/h8-9H,2-7H2,1H3,(H,13,17)/t8-,9?/m1/s1. The zero-order valence-corrected chi connectivity index (χ0v) is 11.7. The van der Waals surface area contributed by atoms with E-state index in [9.17, 15) is 14.4 Å². The van der Waals surface area contributed by atoms with Crippen molar-refractivity contribution in [1.29, 1.82) is 0 Å². The zero-order chi connectivity index (χ0) is 13.8. The van der Waals surface area contributed by atoms with Crippen LogP contribution in [0.15, 0.2) is 0 Å². The number of amides is 2. The lowest BCUT2D eigenvalue weighted by Crippen LogP contribution is -2.50. The van der Waals surface area contributed by atoms with Gasteiger partial charge < -0.3 is 15.0 Å². The molecular weight excluding hydrogens is 268 g/mol. The summed E-state index contributed by atoms with van der Waals surface area (Å²) in [5.41, 5.74) is 0. The summed E-state index contributed by atoms with van der Waals surface area (Å²) < 4.78 is 5.00. The summed E-state index contributed by atoms with van der Waals surface area (Å²) in [6.45, 7) is 3.17. The van der Waals surface area contributed by atoms with E-state index in [1.807, 2.05) is 0 Å². The van der Waals surface area contributed by atoms with Gasteiger partial charge in [0.1, 0.15) is 6.04 Å². The van der Waals surface area contributed by atoms with Gasteiger partial charge in [-0.1, -0.05) is 11.8 Å². The van der Waals surface area contributed by atoms with Crippen LogP contribution in [-0.4, -0.2) is 53.5 Å². The molecule has 2 amide bonds. The van der Waals surface area contributed by atoms with Gasteiger partial charge in [0.05, 0.1) is 12.5 Å². The molecule has 0 aromatic rings. The lowest BCUT2D eigenvalue weighted by atomic mass is 9.97. The molecule has 0 aromatic heterocycles. The number of esters is 1. The van der Waals surface area contributed by atoms with Gasteiger partial charge in [-0.3, -0.25) is 14.4 Å². The molecule has 0 bridgehead atoms. The summed E-state index contributed by atoms with van der Waals surface area (Å²) in [4.78, 5) is 36.7. The number of piperidine rings is 1. The Balaban J connectivity index is 1.91. The molecule has 0 aliphatic carbocycles. The number of thioether (sulfide) groups is 1. The van der Waals surface area contributed by atoms with Crippen LogP contribution < -0.4 is 5.32 Å². The monoisotopic (exact) mass is 286 g/mol. The summed E-state index contributed by atoms with van der Waals surface area (Å²) >= 11 is 1.12. The summed E-state index contributed by atoms with van der Waals surface area (Å²) in [6, 6.07) is -0.446. The predicted octanol–water partition coefficient (Wildman–Crippen LogP) is 0.613. The molecule has 1 unspecified atom stereocenters. The van der Waals surface area contributed by atoms with Gasteiger partial charge in [0.15, 0.2) is 0 Å². The Morgan fingerprint density at radius 3 is 2.95 bits per heavy atom. The molecule has 2 saturated heterocycles. The first-order chi connectivity index (χ1) is 9.11. The van der Waals surface area contributed by atoms with E-state index in [-0.39, 0.29) is 23.0 Å². The third-order valence-electron chi connectivity index (χ3n) is 3.32. The summed E-state index contributed by atoms with van der Waals surface area (Å²) in [7, 11) is 0. The molecule has 106 valence electrons. The molecule has 0 spiro atoms. The lowest BCUT2D eigenvalue weighted by Gasteiger charge is -2.32. The predicted molar refractivity (Wildman–Crippen MR) is 70.7 cm³/mol. The SMILES string of the molecule is CCOC(=O)[C@@H]1CCCN(C(=O)C2CSC(=O)N2)C1. The van der Waals surface area contributed by atoms with Crippen LogP contribution in [0.3, 0.4) is 0 Å². The van der Waals surface area contributed by atoms with E-state index >= 15 is 0 Å². The second-order valence-corrected chi connectivity index (χ2v) is 5.66. The van der Waals surface area contributed by atoms with E-state index in [0.29, 0.717) is 25.4 Å². The maximum absolute atomic E-state index is 12.2. The highest BCUT2D eigenvalue weighted by Crippen LogP contribution is 2.21. The number of nitrogens with one attached hydrogen (secondary N) is 1. The van der Waals surface area contributed by atoms with Crippen molar-refractivity contribution in [2.75, 3.05) is 25.4 Å². The highest BCUT2D eigenvalue weighted by atomic mass is 32.2. The molecule has 0 saturated carbocycles.